The molecular weight excluding hydrogens is 386 g/mol. The Kier molecular flexibility index (Phi) is 4.92. The number of nitrogens with one attached hydrogen (secondary N) is 1. The van der Waals surface area contributed by atoms with Crippen LogP contribution in [-0.4, -0.2) is 49.9 Å². The fraction of sp³-hybridized carbons (Fsp3) is 0.222. The zero-order valence-electron chi connectivity index (χ0n) is 14.3. The van der Waals surface area contributed by atoms with Crippen LogP contribution in [0.3, 0.4) is 0 Å². The van der Waals surface area contributed by atoms with Crippen molar-refractivity contribution in [2.75, 3.05) is 31.6 Å². The number of nitrogens with zero attached hydrogens (tertiary/aromatic N) is 2. The molecule has 0 bridgehead atoms. The Hall–Kier alpha value is -2.33. The van der Waals surface area contributed by atoms with Crippen molar-refractivity contribution in [2.45, 2.75) is 4.90 Å². The van der Waals surface area contributed by atoms with E-state index in [2.05, 4.69) is 10.3 Å². The molecule has 0 radical (unpaired) electrons. The van der Waals surface area contributed by atoms with E-state index in [1.807, 2.05) is 0 Å². The van der Waals surface area contributed by atoms with Gasteiger partial charge in [0, 0.05) is 24.3 Å². The number of morpholine rings is 1. The van der Waals surface area contributed by atoms with Crippen molar-refractivity contribution in [3.8, 4) is 0 Å². The summed E-state index contributed by atoms with van der Waals surface area (Å²) in [6, 6.07) is 11.6. The molecule has 1 aliphatic rings. The molecule has 9 heteroatoms. The van der Waals surface area contributed by atoms with Crippen LogP contribution in [0.1, 0.15) is 10.4 Å². The van der Waals surface area contributed by atoms with Crippen LogP contribution in [0.25, 0.3) is 10.2 Å². The molecule has 2 heterocycles. The zero-order chi connectivity index (χ0) is 18.9. The number of carbonyl (C=O) groups excluding carboxylic acids is 1. The molecule has 7 nitrogen and oxygen atoms in total. The fourth-order valence-corrected chi connectivity index (χ4v) is 5.04. The van der Waals surface area contributed by atoms with Crippen LogP contribution in [0.15, 0.2) is 52.9 Å². The summed E-state index contributed by atoms with van der Waals surface area (Å²) in [5, 5.41) is 2.77. The summed E-state index contributed by atoms with van der Waals surface area (Å²) in [6.07, 6.45) is 0. The van der Waals surface area contributed by atoms with E-state index in [9.17, 15) is 13.2 Å². The Morgan fingerprint density at radius 3 is 2.78 bits per heavy atom. The minimum Gasteiger partial charge on any atom is -0.379 e. The second-order valence-corrected chi connectivity index (χ2v) is 8.86. The number of thiazole rings is 1. The number of benzene rings is 2. The number of aromatic nitrogens is 1. The van der Waals surface area contributed by atoms with Crippen LogP contribution in [-0.2, 0) is 14.8 Å². The lowest BCUT2D eigenvalue weighted by molar-refractivity contribution is 0.0730. The van der Waals surface area contributed by atoms with Crippen molar-refractivity contribution in [1.82, 2.24) is 9.29 Å². The van der Waals surface area contributed by atoms with Gasteiger partial charge in [0.1, 0.15) is 0 Å². The molecule has 1 fully saturated rings. The lowest BCUT2D eigenvalue weighted by Gasteiger charge is -2.26. The number of amides is 1. The Morgan fingerprint density at radius 2 is 1.96 bits per heavy atom. The predicted molar refractivity (Wildman–Crippen MR) is 104 cm³/mol. The lowest BCUT2D eigenvalue weighted by atomic mass is 10.2. The fourth-order valence-electron chi connectivity index (χ4n) is 2.87. The number of hydrogen-bond acceptors (Lipinski definition) is 6. The SMILES string of the molecule is O=C(Nc1cccc(S(=O)(=O)N2CCOCC2)c1)c1ccc2ncsc2c1. The summed E-state index contributed by atoms with van der Waals surface area (Å²) in [6.45, 7) is 1.42. The van der Waals surface area contributed by atoms with Crippen molar-refractivity contribution in [2.24, 2.45) is 0 Å². The molecule has 1 amide bonds. The third kappa shape index (κ3) is 3.72. The molecule has 1 N–H and O–H groups in total. The van der Waals surface area contributed by atoms with Gasteiger partial charge in [-0.3, -0.25) is 4.79 Å². The highest BCUT2D eigenvalue weighted by Crippen LogP contribution is 2.22. The number of ether oxygens (including phenoxy) is 1. The van der Waals surface area contributed by atoms with Crippen LogP contribution in [0.2, 0.25) is 0 Å². The average molecular weight is 403 g/mol. The van der Waals surface area contributed by atoms with Crippen LogP contribution in [0.4, 0.5) is 5.69 Å². The summed E-state index contributed by atoms with van der Waals surface area (Å²) in [4.78, 5) is 16.9. The maximum Gasteiger partial charge on any atom is 0.255 e. The molecule has 3 aromatic rings. The molecule has 1 saturated heterocycles. The summed E-state index contributed by atoms with van der Waals surface area (Å²) < 4.78 is 33.1. The number of hydrogen-bond donors (Lipinski definition) is 1. The van der Waals surface area contributed by atoms with Crippen molar-refractivity contribution in [1.29, 1.82) is 0 Å². The molecule has 1 aromatic heterocycles. The Morgan fingerprint density at radius 1 is 1.15 bits per heavy atom. The third-order valence-corrected chi connectivity index (χ3v) is 6.98. The largest absolute Gasteiger partial charge is 0.379 e. The van der Waals surface area contributed by atoms with Crippen molar-refractivity contribution >= 4 is 43.2 Å². The molecule has 27 heavy (non-hydrogen) atoms. The normalized spacial score (nSPS) is 15.7. The summed E-state index contributed by atoms with van der Waals surface area (Å²) in [5.41, 5.74) is 3.49. The van der Waals surface area contributed by atoms with Crippen LogP contribution in [0, 0.1) is 0 Å². The van der Waals surface area contributed by atoms with Gasteiger partial charge in [-0.2, -0.15) is 4.31 Å². The van der Waals surface area contributed by atoms with E-state index >= 15 is 0 Å². The summed E-state index contributed by atoms with van der Waals surface area (Å²) in [7, 11) is -3.61. The zero-order valence-corrected chi connectivity index (χ0v) is 15.9. The average Bonchev–Trinajstić information content (AvgIpc) is 3.16. The maximum absolute atomic E-state index is 12.8. The van der Waals surface area contributed by atoms with Crippen molar-refractivity contribution < 1.29 is 17.9 Å². The molecule has 0 atom stereocenters. The van der Waals surface area contributed by atoms with E-state index in [1.165, 1.54) is 27.8 Å². The van der Waals surface area contributed by atoms with Crippen molar-refractivity contribution in [3.63, 3.8) is 0 Å². The van der Waals surface area contributed by atoms with E-state index in [-0.39, 0.29) is 10.8 Å². The van der Waals surface area contributed by atoms with Gasteiger partial charge in [-0.15, -0.1) is 11.3 Å². The van der Waals surface area contributed by atoms with E-state index in [1.54, 1.807) is 35.8 Å². The van der Waals surface area contributed by atoms with Crippen molar-refractivity contribution in [3.05, 3.63) is 53.5 Å². The Balaban J connectivity index is 1.56. The highest BCUT2D eigenvalue weighted by atomic mass is 32.2. The van der Waals surface area contributed by atoms with E-state index in [4.69, 9.17) is 4.74 Å². The lowest BCUT2D eigenvalue weighted by Crippen LogP contribution is -2.40. The molecular formula is C18H17N3O4S2. The first-order valence-corrected chi connectivity index (χ1v) is 10.7. The Labute approximate surface area is 160 Å². The Bertz CT molecular complexity index is 1090. The number of fused-ring (bicyclic) bond motifs is 1. The minimum absolute atomic E-state index is 0.153. The summed E-state index contributed by atoms with van der Waals surface area (Å²) in [5.74, 6) is -0.300. The minimum atomic E-state index is -3.61. The van der Waals surface area contributed by atoms with Gasteiger partial charge < -0.3 is 10.1 Å². The molecule has 0 saturated carbocycles. The topological polar surface area (TPSA) is 88.6 Å². The van der Waals surface area contributed by atoms with E-state index in [0.717, 1.165) is 10.2 Å². The highest BCUT2D eigenvalue weighted by molar-refractivity contribution is 7.89. The molecule has 140 valence electrons. The highest BCUT2D eigenvalue weighted by Gasteiger charge is 2.26. The quantitative estimate of drug-likeness (QED) is 0.723. The second-order valence-electron chi connectivity index (χ2n) is 6.03. The first-order valence-electron chi connectivity index (χ1n) is 8.36. The van der Waals surface area contributed by atoms with Crippen LogP contribution >= 0.6 is 11.3 Å². The third-order valence-electron chi connectivity index (χ3n) is 4.29. The van der Waals surface area contributed by atoms with E-state index < -0.39 is 10.0 Å². The van der Waals surface area contributed by atoms with Gasteiger partial charge in [-0.05, 0) is 36.4 Å². The van der Waals surface area contributed by atoms with Crippen LogP contribution < -0.4 is 5.32 Å². The molecule has 0 aliphatic carbocycles. The molecule has 0 spiro atoms. The molecule has 1 aliphatic heterocycles. The van der Waals surface area contributed by atoms with Gasteiger partial charge in [-0.25, -0.2) is 13.4 Å². The number of anilines is 1. The predicted octanol–water partition coefficient (Wildman–Crippen LogP) is 2.57. The molecule has 4 rings (SSSR count). The van der Waals surface area contributed by atoms with Gasteiger partial charge in [0.25, 0.3) is 5.91 Å². The van der Waals surface area contributed by atoms with Gasteiger partial charge >= 0.3 is 0 Å². The van der Waals surface area contributed by atoms with Gasteiger partial charge in [0.05, 0.1) is 33.8 Å². The smallest absolute Gasteiger partial charge is 0.255 e. The van der Waals surface area contributed by atoms with E-state index in [0.29, 0.717) is 37.6 Å². The first kappa shape index (κ1) is 18.1. The van der Waals surface area contributed by atoms with Gasteiger partial charge in [0.2, 0.25) is 10.0 Å². The van der Waals surface area contributed by atoms with Gasteiger partial charge in [-0.1, -0.05) is 6.07 Å². The first-order chi connectivity index (χ1) is 13.0. The molecule has 2 aromatic carbocycles. The second kappa shape index (κ2) is 7.35. The summed E-state index contributed by atoms with van der Waals surface area (Å²) >= 11 is 1.46. The van der Waals surface area contributed by atoms with Gasteiger partial charge in [0.15, 0.2) is 0 Å². The maximum atomic E-state index is 12.8. The molecule has 0 unspecified atom stereocenters. The monoisotopic (exact) mass is 403 g/mol. The number of carbonyl (C=O) groups is 1. The number of sulfonamides is 1. The standard InChI is InChI=1S/C18H17N3O4S2/c22-18(13-4-5-16-17(10-13)26-12-19-16)20-14-2-1-3-15(11-14)27(23,24)21-6-8-25-9-7-21/h1-5,10-12H,6-9H2,(H,20,22). The van der Waals surface area contributed by atoms with Crippen LogP contribution in [0.5, 0.6) is 0 Å². The number of rotatable bonds is 4.